The van der Waals surface area contributed by atoms with Gasteiger partial charge in [0.2, 0.25) is 0 Å². The fourth-order valence-electron chi connectivity index (χ4n) is 3.33. The van der Waals surface area contributed by atoms with E-state index in [0.29, 0.717) is 24.4 Å². The lowest BCUT2D eigenvalue weighted by Crippen LogP contribution is -2.46. The van der Waals surface area contributed by atoms with Crippen LogP contribution >= 0.6 is 0 Å². The highest BCUT2D eigenvalue weighted by Gasteiger charge is 2.26. The van der Waals surface area contributed by atoms with Crippen LogP contribution in [-0.4, -0.2) is 30.8 Å². The van der Waals surface area contributed by atoms with Crippen molar-refractivity contribution in [2.45, 2.75) is 84.8 Å². The number of carbonyl (C=O) groups excluding carboxylic acids is 1. The molecule has 130 valence electrons. The molecule has 1 heterocycles. The summed E-state index contributed by atoms with van der Waals surface area (Å²) in [6, 6.07) is 0.531. The number of hydrogen-bond donors (Lipinski definition) is 2. The minimum atomic E-state index is -0.432. The SMILES string of the molecule is CCC[C@H](C)C[C@H](CNC(=O)OC(C)(C)C)[C@H]1CCCCN1. The van der Waals surface area contributed by atoms with E-state index in [0.717, 1.165) is 6.54 Å². The molecule has 0 aromatic carbocycles. The van der Waals surface area contributed by atoms with E-state index in [9.17, 15) is 4.79 Å². The molecule has 0 aromatic rings. The van der Waals surface area contributed by atoms with Gasteiger partial charge in [-0.3, -0.25) is 0 Å². The van der Waals surface area contributed by atoms with Crippen LogP contribution in [0.3, 0.4) is 0 Å². The van der Waals surface area contributed by atoms with Crippen LogP contribution in [0.25, 0.3) is 0 Å². The highest BCUT2D eigenvalue weighted by atomic mass is 16.6. The molecule has 1 aliphatic heterocycles. The Balaban J connectivity index is 2.51. The number of alkyl carbamates (subject to hydrolysis) is 1. The van der Waals surface area contributed by atoms with Crippen LogP contribution in [0.1, 0.15) is 73.1 Å². The van der Waals surface area contributed by atoms with Gasteiger partial charge in [0, 0.05) is 12.6 Å². The Morgan fingerprint density at radius 1 is 1.36 bits per heavy atom. The first-order valence-electron chi connectivity index (χ1n) is 9.02. The molecule has 1 fully saturated rings. The third kappa shape index (κ3) is 8.02. The molecule has 1 aliphatic rings. The van der Waals surface area contributed by atoms with E-state index in [1.165, 1.54) is 38.5 Å². The molecule has 1 amide bonds. The minimum absolute atomic E-state index is 0.295. The Labute approximate surface area is 136 Å². The Morgan fingerprint density at radius 3 is 2.64 bits per heavy atom. The molecular formula is C18H36N2O2. The molecule has 4 nitrogen and oxygen atoms in total. The van der Waals surface area contributed by atoms with Gasteiger partial charge in [0.05, 0.1) is 0 Å². The summed E-state index contributed by atoms with van der Waals surface area (Å²) in [5.74, 6) is 1.20. The zero-order chi connectivity index (χ0) is 16.6. The van der Waals surface area contributed by atoms with Crippen molar-refractivity contribution in [3.8, 4) is 0 Å². The van der Waals surface area contributed by atoms with Crippen molar-refractivity contribution in [2.75, 3.05) is 13.1 Å². The van der Waals surface area contributed by atoms with Gasteiger partial charge in [-0.2, -0.15) is 0 Å². The average Bonchev–Trinajstić information content (AvgIpc) is 2.43. The molecule has 0 unspecified atom stereocenters. The number of ether oxygens (including phenoxy) is 1. The summed E-state index contributed by atoms with van der Waals surface area (Å²) in [4.78, 5) is 11.9. The van der Waals surface area contributed by atoms with Gasteiger partial charge in [-0.1, -0.05) is 33.1 Å². The van der Waals surface area contributed by atoms with Crippen LogP contribution in [-0.2, 0) is 4.74 Å². The summed E-state index contributed by atoms with van der Waals surface area (Å²) in [7, 11) is 0. The summed E-state index contributed by atoms with van der Waals surface area (Å²) in [6.45, 7) is 12.1. The lowest BCUT2D eigenvalue weighted by molar-refractivity contribution is 0.0510. The smallest absolute Gasteiger partial charge is 0.407 e. The lowest BCUT2D eigenvalue weighted by Gasteiger charge is -2.33. The second kappa shape index (κ2) is 9.39. The predicted molar refractivity (Wildman–Crippen MR) is 92.1 cm³/mol. The van der Waals surface area contributed by atoms with Gasteiger partial charge in [0.15, 0.2) is 0 Å². The molecular weight excluding hydrogens is 276 g/mol. The molecule has 0 aromatic heterocycles. The van der Waals surface area contributed by atoms with Crippen LogP contribution in [0.5, 0.6) is 0 Å². The maximum absolute atomic E-state index is 11.9. The van der Waals surface area contributed by atoms with Crippen molar-refractivity contribution in [2.24, 2.45) is 11.8 Å². The largest absolute Gasteiger partial charge is 0.444 e. The van der Waals surface area contributed by atoms with Crippen LogP contribution < -0.4 is 10.6 Å². The first kappa shape index (κ1) is 19.3. The standard InChI is InChI=1S/C18H36N2O2/c1-6-9-14(2)12-15(16-10-7-8-11-19-16)13-20-17(21)22-18(3,4)5/h14-16,19H,6-13H2,1-5H3,(H,20,21)/t14-,15+,16+/m0/s1. The third-order valence-corrected chi connectivity index (χ3v) is 4.31. The first-order chi connectivity index (χ1) is 10.3. The van der Waals surface area contributed by atoms with E-state index >= 15 is 0 Å². The van der Waals surface area contributed by atoms with Gasteiger partial charge in [0.25, 0.3) is 0 Å². The van der Waals surface area contributed by atoms with Gasteiger partial charge in [-0.15, -0.1) is 0 Å². The van der Waals surface area contributed by atoms with Crippen molar-refractivity contribution in [3.05, 3.63) is 0 Å². The van der Waals surface area contributed by atoms with E-state index in [4.69, 9.17) is 4.74 Å². The molecule has 1 rings (SSSR count). The lowest BCUT2D eigenvalue weighted by atomic mass is 9.84. The number of rotatable bonds is 7. The van der Waals surface area contributed by atoms with Gasteiger partial charge >= 0.3 is 6.09 Å². The van der Waals surface area contributed by atoms with E-state index in [1.54, 1.807) is 0 Å². The number of piperidine rings is 1. The van der Waals surface area contributed by atoms with Crippen molar-refractivity contribution in [1.82, 2.24) is 10.6 Å². The van der Waals surface area contributed by atoms with Gasteiger partial charge < -0.3 is 15.4 Å². The maximum atomic E-state index is 11.9. The predicted octanol–water partition coefficient (Wildman–Crippen LogP) is 4.10. The van der Waals surface area contributed by atoms with Crippen molar-refractivity contribution in [3.63, 3.8) is 0 Å². The molecule has 22 heavy (non-hydrogen) atoms. The molecule has 0 radical (unpaired) electrons. The topological polar surface area (TPSA) is 50.4 Å². The van der Waals surface area contributed by atoms with Gasteiger partial charge in [-0.05, 0) is 58.4 Å². The molecule has 4 heteroatoms. The molecule has 0 aliphatic carbocycles. The second-order valence-electron chi connectivity index (χ2n) is 7.83. The molecule has 0 saturated carbocycles. The van der Waals surface area contributed by atoms with E-state index < -0.39 is 5.60 Å². The fourth-order valence-corrected chi connectivity index (χ4v) is 3.33. The van der Waals surface area contributed by atoms with Gasteiger partial charge in [0.1, 0.15) is 5.60 Å². The first-order valence-corrected chi connectivity index (χ1v) is 9.02. The van der Waals surface area contributed by atoms with E-state index in [-0.39, 0.29) is 6.09 Å². The fraction of sp³-hybridized carbons (Fsp3) is 0.944. The summed E-state index contributed by atoms with van der Waals surface area (Å²) in [5, 5.41) is 6.63. The zero-order valence-corrected chi connectivity index (χ0v) is 15.2. The highest BCUT2D eigenvalue weighted by molar-refractivity contribution is 5.67. The Morgan fingerprint density at radius 2 is 2.09 bits per heavy atom. The van der Waals surface area contributed by atoms with Crippen molar-refractivity contribution >= 4 is 6.09 Å². The quantitative estimate of drug-likeness (QED) is 0.744. The number of hydrogen-bond acceptors (Lipinski definition) is 3. The highest BCUT2D eigenvalue weighted by Crippen LogP contribution is 2.24. The molecule has 0 spiro atoms. The number of nitrogens with one attached hydrogen (secondary N) is 2. The van der Waals surface area contributed by atoms with E-state index in [1.807, 2.05) is 20.8 Å². The van der Waals surface area contributed by atoms with Crippen molar-refractivity contribution < 1.29 is 9.53 Å². The summed E-state index contributed by atoms with van der Waals surface area (Å²) >= 11 is 0. The normalized spacial score (nSPS) is 22.0. The van der Waals surface area contributed by atoms with Crippen LogP contribution in [0.15, 0.2) is 0 Å². The summed E-state index contributed by atoms with van der Waals surface area (Å²) < 4.78 is 5.36. The summed E-state index contributed by atoms with van der Waals surface area (Å²) in [5.41, 5.74) is -0.432. The monoisotopic (exact) mass is 312 g/mol. The third-order valence-electron chi connectivity index (χ3n) is 4.31. The number of amides is 1. The van der Waals surface area contributed by atoms with Crippen LogP contribution in [0, 0.1) is 11.8 Å². The van der Waals surface area contributed by atoms with E-state index in [2.05, 4.69) is 24.5 Å². The second-order valence-corrected chi connectivity index (χ2v) is 7.83. The zero-order valence-electron chi connectivity index (χ0n) is 15.2. The summed E-state index contributed by atoms with van der Waals surface area (Å²) in [6.07, 6.45) is 7.15. The Kier molecular flexibility index (Phi) is 8.23. The van der Waals surface area contributed by atoms with Crippen LogP contribution in [0.2, 0.25) is 0 Å². The van der Waals surface area contributed by atoms with Gasteiger partial charge in [-0.25, -0.2) is 4.79 Å². The molecule has 0 bridgehead atoms. The maximum Gasteiger partial charge on any atom is 0.407 e. The number of carbonyl (C=O) groups is 1. The Bertz CT molecular complexity index is 320. The minimum Gasteiger partial charge on any atom is -0.444 e. The van der Waals surface area contributed by atoms with Crippen LogP contribution in [0.4, 0.5) is 4.79 Å². The molecule has 2 N–H and O–H groups in total. The van der Waals surface area contributed by atoms with Crippen molar-refractivity contribution in [1.29, 1.82) is 0 Å². The Hall–Kier alpha value is -0.770. The molecule has 1 saturated heterocycles. The molecule has 3 atom stereocenters. The average molecular weight is 312 g/mol.